The van der Waals surface area contributed by atoms with E-state index in [1.165, 1.54) is 12.1 Å². The molecule has 0 heterocycles. The minimum atomic E-state index is -4.22. The lowest BCUT2D eigenvalue weighted by molar-refractivity contribution is -0.189. The Bertz CT molecular complexity index is 998. The fourth-order valence-electron chi connectivity index (χ4n) is 3.35. The molecule has 2 rings (SSSR count). The van der Waals surface area contributed by atoms with Crippen molar-refractivity contribution in [2.45, 2.75) is 58.0 Å². The van der Waals surface area contributed by atoms with E-state index in [-0.39, 0.29) is 43.3 Å². The lowest BCUT2D eigenvalue weighted by Crippen LogP contribution is -2.25. The highest BCUT2D eigenvalue weighted by molar-refractivity contribution is 5.81. The monoisotopic (exact) mass is 510 g/mol. The third kappa shape index (κ3) is 9.36. The number of benzene rings is 2. The van der Waals surface area contributed by atoms with Crippen molar-refractivity contribution in [1.29, 1.82) is 0 Å². The molecule has 0 bridgehead atoms. The van der Waals surface area contributed by atoms with Gasteiger partial charge in [-0.15, -0.1) is 0 Å². The molecular weight excluding hydrogens is 480 g/mol. The van der Waals surface area contributed by atoms with Crippen molar-refractivity contribution in [2.24, 2.45) is 0 Å². The second kappa shape index (κ2) is 14.3. The van der Waals surface area contributed by atoms with Crippen LogP contribution in [0.15, 0.2) is 49.1 Å². The Morgan fingerprint density at radius 1 is 0.889 bits per heavy atom. The molecule has 5 nitrogen and oxygen atoms in total. The van der Waals surface area contributed by atoms with Gasteiger partial charge >= 0.3 is 18.0 Å². The van der Waals surface area contributed by atoms with Crippen LogP contribution >= 0.6 is 0 Å². The van der Waals surface area contributed by atoms with E-state index in [1.54, 1.807) is 19.1 Å². The van der Waals surface area contributed by atoms with Crippen molar-refractivity contribution in [2.75, 3.05) is 13.2 Å². The molecule has 0 fully saturated rings. The highest BCUT2D eigenvalue weighted by Gasteiger charge is 2.41. The Balaban J connectivity index is 1.91. The molecule has 0 spiro atoms. The molecule has 0 aromatic heterocycles. The van der Waals surface area contributed by atoms with E-state index in [4.69, 9.17) is 9.47 Å². The fourth-order valence-corrected chi connectivity index (χ4v) is 3.35. The van der Waals surface area contributed by atoms with Crippen LogP contribution in [0.5, 0.6) is 5.75 Å². The number of rotatable bonds is 15. The van der Waals surface area contributed by atoms with Crippen LogP contribution in [0, 0.1) is 11.6 Å². The zero-order valence-electron chi connectivity index (χ0n) is 20.2. The first-order valence-electron chi connectivity index (χ1n) is 11.7. The zero-order chi connectivity index (χ0) is 26.6. The van der Waals surface area contributed by atoms with Gasteiger partial charge < -0.3 is 14.2 Å². The number of carbonyl (C=O) groups excluding carboxylic acids is 2. The highest BCUT2D eigenvalue weighted by atomic mass is 19.3. The van der Waals surface area contributed by atoms with Crippen LogP contribution in [0.4, 0.5) is 17.6 Å². The van der Waals surface area contributed by atoms with Gasteiger partial charge in [-0.25, -0.2) is 13.6 Å². The summed E-state index contributed by atoms with van der Waals surface area (Å²) in [4.78, 5) is 22.1. The van der Waals surface area contributed by atoms with E-state index in [9.17, 15) is 27.2 Å². The van der Waals surface area contributed by atoms with Crippen molar-refractivity contribution < 1.29 is 41.4 Å². The maximum absolute atomic E-state index is 14.6. The lowest BCUT2D eigenvalue weighted by Gasteiger charge is -2.20. The second-order valence-electron chi connectivity index (χ2n) is 8.06. The molecule has 0 radical (unpaired) electrons. The summed E-state index contributed by atoms with van der Waals surface area (Å²) in [5.41, 5.74) is -0.400. The Hall–Kier alpha value is -3.36. The average molecular weight is 511 g/mol. The summed E-state index contributed by atoms with van der Waals surface area (Å²) in [6.07, 6.45) is 0.244. The smallest absolute Gasteiger partial charge is 0.432 e. The quantitative estimate of drug-likeness (QED) is 0.120. The van der Waals surface area contributed by atoms with Crippen LogP contribution in [0.1, 0.15) is 55.7 Å². The van der Waals surface area contributed by atoms with Crippen LogP contribution in [-0.2, 0) is 38.0 Å². The lowest BCUT2D eigenvalue weighted by atomic mass is 10.0. The van der Waals surface area contributed by atoms with Gasteiger partial charge in [0.05, 0.1) is 13.2 Å². The number of halogens is 4. The summed E-state index contributed by atoms with van der Waals surface area (Å²) in [5.74, 6) is -3.88. The van der Waals surface area contributed by atoms with Gasteiger partial charge in [-0.05, 0) is 73.9 Å². The maximum atomic E-state index is 14.6. The number of carbonyl (C=O) groups is 2. The molecule has 0 amide bonds. The van der Waals surface area contributed by atoms with Gasteiger partial charge in [-0.3, -0.25) is 4.79 Å². The van der Waals surface area contributed by atoms with Gasteiger partial charge in [-0.2, -0.15) is 8.78 Å². The number of ether oxygens (including phenoxy) is 3. The van der Waals surface area contributed by atoms with Crippen molar-refractivity contribution in [3.05, 3.63) is 77.4 Å². The molecule has 0 aliphatic heterocycles. The van der Waals surface area contributed by atoms with Crippen LogP contribution < -0.4 is 4.74 Å². The molecule has 0 atom stereocenters. The van der Waals surface area contributed by atoms with E-state index >= 15 is 0 Å². The number of hydrogen-bond donors (Lipinski definition) is 0. The van der Waals surface area contributed by atoms with E-state index < -0.39 is 29.3 Å². The molecule has 196 valence electrons. The summed E-state index contributed by atoms with van der Waals surface area (Å²) in [5, 5.41) is 0. The molecule has 2 aromatic carbocycles. The first-order chi connectivity index (χ1) is 17.2. The second-order valence-corrected chi connectivity index (χ2v) is 8.06. The largest absolute Gasteiger partial charge is 0.466 e. The van der Waals surface area contributed by atoms with E-state index in [0.717, 1.165) is 23.8 Å². The van der Waals surface area contributed by atoms with Crippen molar-refractivity contribution in [3.8, 4) is 5.75 Å². The molecule has 0 saturated carbocycles. The Labute approximate surface area is 208 Å². The first kappa shape index (κ1) is 28.9. The molecule has 2 aromatic rings. The summed E-state index contributed by atoms with van der Waals surface area (Å²) < 4.78 is 72.7. The standard InChI is InChI=1S/C27H30F4O5/c1-3-24(32)34-15-7-5-9-19-11-13-21(14-12-19)36-27(30,31)26-22(28)17-20(18-23(26)29)10-6-8-16-35-25(33)4-2/h3,11-14,17-18H,1,4-10,15-16H2,2H3. The Morgan fingerprint density at radius 3 is 2.00 bits per heavy atom. The third-order valence-electron chi connectivity index (χ3n) is 5.24. The zero-order valence-corrected chi connectivity index (χ0v) is 20.2. The third-order valence-corrected chi connectivity index (χ3v) is 5.24. The molecule has 0 aliphatic carbocycles. The Kier molecular flexibility index (Phi) is 11.4. The van der Waals surface area contributed by atoms with Gasteiger partial charge in [0, 0.05) is 12.5 Å². The molecule has 0 N–H and O–H groups in total. The topological polar surface area (TPSA) is 61.8 Å². The highest BCUT2D eigenvalue weighted by Crippen LogP contribution is 2.35. The predicted molar refractivity (Wildman–Crippen MR) is 126 cm³/mol. The number of hydrogen-bond acceptors (Lipinski definition) is 5. The van der Waals surface area contributed by atoms with Crippen molar-refractivity contribution in [3.63, 3.8) is 0 Å². The molecular formula is C27H30F4O5. The van der Waals surface area contributed by atoms with Gasteiger partial charge in [0.15, 0.2) is 0 Å². The van der Waals surface area contributed by atoms with Crippen molar-refractivity contribution >= 4 is 11.9 Å². The van der Waals surface area contributed by atoms with Gasteiger partial charge in [0.25, 0.3) is 0 Å². The number of esters is 2. The number of aryl methyl sites for hydroxylation is 2. The molecule has 36 heavy (non-hydrogen) atoms. The van der Waals surface area contributed by atoms with Crippen LogP contribution in [0.2, 0.25) is 0 Å². The number of alkyl halides is 2. The first-order valence-corrected chi connectivity index (χ1v) is 11.7. The van der Waals surface area contributed by atoms with Crippen molar-refractivity contribution in [1.82, 2.24) is 0 Å². The van der Waals surface area contributed by atoms with E-state index in [2.05, 4.69) is 11.3 Å². The van der Waals surface area contributed by atoms with Crippen LogP contribution in [0.25, 0.3) is 0 Å². The molecule has 0 saturated heterocycles. The van der Waals surface area contributed by atoms with E-state index in [1.807, 2.05) is 0 Å². The summed E-state index contributed by atoms with van der Waals surface area (Å²) in [7, 11) is 0. The minimum Gasteiger partial charge on any atom is -0.466 e. The molecule has 0 aliphatic rings. The van der Waals surface area contributed by atoms with Gasteiger partial charge in [0.2, 0.25) is 0 Å². The Morgan fingerprint density at radius 2 is 1.44 bits per heavy atom. The molecule has 0 unspecified atom stereocenters. The summed E-state index contributed by atoms with van der Waals surface area (Å²) in [6, 6.07) is 7.49. The predicted octanol–water partition coefficient (Wildman–Crippen LogP) is 6.42. The minimum absolute atomic E-state index is 0.186. The summed E-state index contributed by atoms with van der Waals surface area (Å²) >= 11 is 0. The maximum Gasteiger partial charge on any atom is 0.432 e. The fraction of sp³-hybridized carbons (Fsp3) is 0.407. The number of unbranched alkanes of at least 4 members (excludes halogenated alkanes) is 2. The summed E-state index contributed by atoms with van der Waals surface area (Å²) in [6.45, 7) is 5.41. The van der Waals surface area contributed by atoms with Crippen LogP contribution in [-0.4, -0.2) is 25.2 Å². The molecule has 9 heteroatoms. The van der Waals surface area contributed by atoms with Gasteiger partial charge in [0.1, 0.15) is 22.9 Å². The van der Waals surface area contributed by atoms with Crippen LogP contribution in [0.3, 0.4) is 0 Å². The normalized spacial score (nSPS) is 11.1. The SMILES string of the molecule is C=CC(=O)OCCCCc1ccc(OC(F)(F)c2c(F)cc(CCCCOC(=O)CC)cc2F)cc1. The van der Waals surface area contributed by atoms with Gasteiger partial charge in [-0.1, -0.05) is 25.6 Å². The average Bonchev–Trinajstić information content (AvgIpc) is 2.83. The van der Waals surface area contributed by atoms with E-state index in [0.29, 0.717) is 32.1 Å².